The number of rotatable bonds is 0. The minimum atomic E-state index is 0. The number of hydrogen-bond donors (Lipinski definition) is 1. The van der Waals surface area contributed by atoms with Gasteiger partial charge < -0.3 is 4.72 Å². The van der Waals surface area contributed by atoms with Crippen LogP contribution in [0, 0.1) is 11.3 Å². The second-order valence-electron chi connectivity index (χ2n) is 1.14. The van der Waals surface area contributed by atoms with E-state index in [0.29, 0.717) is 0 Å². The van der Waals surface area contributed by atoms with E-state index >= 15 is 0 Å². The van der Waals surface area contributed by atoms with Crippen molar-refractivity contribution in [2.24, 2.45) is 0 Å². The molecule has 1 unspecified atom stereocenters. The first-order valence-electron chi connectivity index (χ1n) is 1.91. The highest BCUT2D eigenvalue weighted by molar-refractivity contribution is 7.98. The van der Waals surface area contributed by atoms with Gasteiger partial charge in [0.1, 0.15) is 5.25 Å². The van der Waals surface area contributed by atoms with Gasteiger partial charge in [-0.1, -0.05) is 0 Å². The lowest BCUT2D eigenvalue weighted by Gasteiger charge is -1.87. The number of nitrogens with one attached hydrogen (secondary N) is 1. The molecule has 0 spiro atoms. The van der Waals surface area contributed by atoms with Gasteiger partial charge in [-0.05, 0) is 18.0 Å². The predicted molar refractivity (Wildman–Crippen MR) is 36.5 cm³/mol. The zero-order valence-electron chi connectivity index (χ0n) is 4.00. The van der Waals surface area contributed by atoms with E-state index in [0.717, 1.165) is 0 Å². The molecule has 1 aliphatic heterocycles. The highest BCUT2D eigenvalue weighted by Gasteiger charge is 2.05. The Bertz CT molecular complexity index is 128. The van der Waals surface area contributed by atoms with Crippen molar-refractivity contribution in [1.82, 2.24) is 4.72 Å². The number of halogens is 1. The van der Waals surface area contributed by atoms with Gasteiger partial charge >= 0.3 is 0 Å². The third-order valence-electron chi connectivity index (χ3n) is 0.661. The van der Waals surface area contributed by atoms with Crippen molar-refractivity contribution >= 4 is 24.4 Å². The summed E-state index contributed by atoms with van der Waals surface area (Å²) in [6.07, 6.45) is 3.60. The van der Waals surface area contributed by atoms with E-state index in [2.05, 4.69) is 10.8 Å². The molecular weight excluding hydrogens is 144 g/mol. The summed E-state index contributed by atoms with van der Waals surface area (Å²) in [5.41, 5.74) is 0. The second-order valence-corrected chi connectivity index (χ2v) is 2.12. The van der Waals surface area contributed by atoms with E-state index in [1.165, 1.54) is 11.9 Å². The minimum absolute atomic E-state index is 0. The summed E-state index contributed by atoms with van der Waals surface area (Å²) in [6.45, 7) is 0. The largest absolute Gasteiger partial charge is 0.335 e. The van der Waals surface area contributed by atoms with Crippen LogP contribution in [0.15, 0.2) is 12.3 Å². The summed E-state index contributed by atoms with van der Waals surface area (Å²) < 4.78 is 2.84. The Morgan fingerprint density at radius 3 is 2.75 bits per heavy atom. The average molecular weight is 149 g/mol. The molecule has 0 saturated carbocycles. The lowest BCUT2D eigenvalue weighted by Crippen LogP contribution is -1.90. The molecule has 0 aromatic heterocycles. The van der Waals surface area contributed by atoms with Gasteiger partial charge in [-0.3, -0.25) is 0 Å². The summed E-state index contributed by atoms with van der Waals surface area (Å²) in [7, 11) is 0. The summed E-state index contributed by atoms with van der Waals surface area (Å²) >= 11 is 1.42. The topological polar surface area (TPSA) is 35.8 Å². The van der Waals surface area contributed by atoms with Crippen LogP contribution in [0.4, 0.5) is 0 Å². The van der Waals surface area contributed by atoms with Crippen molar-refractivity contribution in [3.63, 3.8) is 0 Å². The third kappa shape index (κ3) is 1.65. The first kappa shape index (κ1) is 7.67. The molecule has 1 heterocycles. The van der Waals surface area contributed by atoms with E-state index in [9.17, 15) is 0 Å². The molecule has 0 amide bonds. The van der Waals surface area contributed by atoms with Gasteiger partial charge in [0.25, 0.3) is 0 Å². The molecule has 1 N–H and O–H groups in total. The maximum atomic E-state index is 8.20. The van der Waals surface area contributed by atoms with Crippen molar-refractivity contribution in [2.75, 3.05) is 0 Å². The average Bonchev–Trinajstić information content (AvgIpc) is 2.14. The van der Waals surface area contributed by atoms with E-state index in [1.807, 2.05) is 6.08 Å². The van der Waals surface area contributed by atoms with Crippen molar-refractivity contribution in [2.45, 2.75) is 5.25 Å². The van der Waals surface area contributed by atoms with Gasteiger partial charge in [-0.15, -0.1) is 12.4 Å². The van der Waals surface area contributed by atoms with Gasteiger partial charge in [0, 0.05) is 6.20 Å². The maximum Gasteiger partial charge on any atom is 0.131 e. The fourth-order valence-corrected chi connectivity index (χ4v) is 0.862. The Kier molecular flexibility index (Phi) is 3.49. The summed E-state index contributed by atoms with van der Waals surface area (Å²) in [5, 5.41) is 8.23. The SMILES string of the molecule is Cl.N#CC1C=CNS1. The Hall–Kier alpha value is -0.330. The van der Waals surface area contributed by atoms with Crippen LogP contribution in [-0.2, 0) is 0 Å². The smallest absolute Gasteiger partial charge is 0.131 e. The molecule has 0 aliphatic carbocycles. The van der Waals surface area contributed by atoms with Crippen LogP contribution < -0.4 is 4.72 Å². The van der Waals surface area contributed by atoms with Crippen LogP contribution in [0.3, 0.4) is 0 Å². The van der Waals surface area contributed by atoms with Gasteiger partial charge in [0.2, 0.25) is 0 Å². The van der Waals surface area contributed by atoms with E-state index in [1.54, 1.807) is 6.20 Å². The van der Waals surface area contributed by atoms with Gasteiger partial charge in [-0.25, -0.2) is 0 Å². The molecule has 0 fully saturated rings. The summed E-state index contributed by atoms with van der Waals surface area (Å²) in [6, 6.07) is 2.08. The van der Waals surface area contributed by atoms with Crippen molar-refractivity contribution in [3.05, 3.63) is 12.3 Å². The number of nitrogens with zero attached hydrogens (tertiary/aromatic N) is 1. The first-order valence-corrected chi connectivity index (χ1v) is 2.79. The summed E-state index contributed by atoms with van der Waals surface area (Å²) in [4.78, 5) is 0. The Morgan fingerprint density at radius 1 is 1.75 bits per heavy atom. The fourth-order valence-electron chi connectivity index (χ4n) is 0.348. The van der Waals surface area contributed by atoms with Crippen LogP contribution in [0.25, 0.3) is 0 Å². The number of nitriles is 1. The molecule has 0 radical (unpaired) electrons. The minimum Gasteiger partial charge on any atom is -0.335 e. The van der Waals surface area contributed by atoms with Crippen molar-refractivity contribution in [1.29, 1.82) is 5.26 Å². The van der Waals surface area contributed by atoms with Crippen molar-refractivity contribution in [3.8, 4) is 6.07 Å². The Labute approximate surface area is 58.5 Å². The maximum absolute atomic E-state index is 8.20. The molecule has 1 aliphatic rings. The molecular formula is C4H5ClN2S. The second kappa shape index (κ2) is 3.65. The van der Waals surface area contributed by atoms with E-state index in [4.69, 9.17) is 5.26 Å². The normalized spacial score (nSPS) is 23.1. The molecule has 0 aromatic rings. The monoisotopic (exact) mass is 148 g/mol. The molecule has 44 valence electrons. The van der Waals surface area contributed by atoms with Crippen LogP contribution in [0.2, 0.25) is 0 Å². The Balaban J connectivity index is 0.000000490. The lowest BCUT2D eigenvalue weighted by atomic mass is 10.4. The standard InChI is InChI=1S/C4H4N2S.ClH/c5-3-4-1-2-6-7-4;/h1-2,4,6H;1H. The molecule has 8 heavy (non-hydrogen) atoms. The van der Waals surface area contributed by atoms with E-state index in [-0.39, 0.29) is 17.7 Å². The molecule has 0 aromatic carbocycles. The van der Waals surface area contributed by atoms with Crippen LogP contribution in [0.5, 0.6) is 0 Å². The summed E-state index contributed by atoms with van der Waals surface area (Å²) in [5.74, 6) is 0. The third-order valence-corrected chi connectivity index (χ3v) is 1.45. The molecule has 1 rings (SSSR count). The highest BCUT2D eigenvalue weighted by Crippen LogP contribution is 2.11. The van der Waals surface area contributed by atoms with E-state index < -0.39 is 0 Å². The predicted octanol–water partition coefficient (Wildman–Crippen LogP) is 1.07. The number of hydrogen-bond acceptors (Lipinski definition) is 3. The Morgan fingerprint density at radius 2 is 2.50 bits per heavy atom. The first-order chi connectivity index (χ1) is 3.43. The van der Waals surface area contributed by atoms with Gasteiger partial charge in [0.05, 0.1) is 6.07 Å². The fraction of sp³-hybridized carbons (Fsp3) is 0.250. The van der Waals surface area contributed by atoms with Crippen LogP contribution in [-0.4, -0.2) is 5.25 Å². The highest BCUT2D eigenvalue weighted by atomic mass is 35.5. The zero-order valence-corrected chi connectivity index (χ0v) is 5.63. The quantitative estimate of drug-likeness (QED) is 0.522. The molecule has 4 heteroatoms. The van der Waals surface area contributed by atoms with Crippen LogP contribution >= 0.6 is 24.4 Å². The lowest BCUT2D eigenvalue weighted by molar-refractivity contribution is 1.38. The van der Waals surface area contributed by atoms with Crippen molar-refractivity contribution < 1.29 is 0 Å². The molecule has 1 atom stereocenters. The van der Waals surface area contributed by atoms with Gasteiger partial charge in [-0.2, -0.15) is 5.26 Å². The zero-order chi connectivity index (χ0) is 5.11. The molecule has 0 bridgehead atoms. The molecule has 0 saturated heterocycles. The van der Waals surface area contributed by atoms with Gasteiger partial charge in [0.15, 0.2) is 0 Å². The van der Waals surface area contributed by atoms with Crippen LogP contribution in [0.1, 0.15) is 0 Å². The molecule has 2 nitrogen and oxygen atoms in total.